The minimum atomic E-state index is 0. The van der Waals surface area contributed by atoms with Crippen LogP contribution in [0.5, 0.6) is 0 Å². The molecule has 1 aliphatic heterocycles. The average molecular weight is 305 g/mol. The SMILES string of the molecule is Cc1csc(NC(=O)CN2CCC(N)C(C)C2)n1.Cl. The number of nitrogens with two attached hydrogens (primary N) is 1. The normalized spacial score (nSPS) is 23.7. The average Bonchev–Trinajstić information content (AvgIpc) is 2.69. The van der Waals surface area contributed by atoms with Crippen LogP contribution in [0.25, 0.3) is 0 Å². The fourth-order valence-electron chi connectivity index (χ4n) is 2.17. The Morgan fingerprint density at radius 1 is 1.68 bits per heavy atom. The lowest BCUT2D eigenvalue weighted by Crippen LogP contribution is -2.48. The molecule has 2 heterocycles. The number of rotatable bonds is 3. The van der Waals surface area contributed by atoms with Gasteiger partial charge in [-0.05, 0) is 19.3 Å². The zero-order valence-electron chi connectivity index (χ0n) is 11.3. The first-order chi connectivity index (χ1) is 8.54. The van der Waals surface area contributed by atoms with E-state index in [1.807, 2.05) is 12.3 Å². The fourth-order valence-corrected chi connectivity index (χ4v) is 2.87. The molecule has 1 fully saturated rings. The van der Waals surface area contributed by atoms with E-state index in [2.05, 4.69) is 22.1 Å². The Kier molecular flexibility index (Phi) is 6.19. The van der Waals surface area contributed by atoms with Crippen molar-refractivity contribution in [2.24, 2.45) is 11.7 Å². The van der Waals surface area contributed by atoms with Gasteiger partial charge in [0.1, 0.15) is 0 Å². The van der Waals surface area contributed by atoms with Crippen LogP contribution < -0.4 is 11.1 Å². The van der Waals surface area contributed by atoms with Crippen molar-refractivity contribution in [2.75, 3.05) is 25.0 Å². The lowest BCUT2D eigenvalue weighted by Gasteiger charge is -2.34. The second kappa shape index (κ2) is 7.19. The van der Waals surface area contributed by atoms with E-state index in [0.717, 1.165) is 25.2 Å². The third-order valence-corrected chi connectivity index (χ3v) is 4.16. The molecule has 1 saturated heterocycles. The third kappa shape index (κ3) is 4.72. The van der Waals surface area contributed by atoms with Crippen LogP contribution in [-0.2, 0) is 4.79 Å². The zero-order chi connectivity index (χ0) is 13.1. The highest BCUT2D eigenvalue weighted by Gasteiger charge is 2.24. The van der Waals surface area contributed by atoms with Crippen molar-refractivity contribution in [3.63, 3.8) is 0 Å². The first-order valence-corrected chi connectivity index (χ1v) is 7.12. The summed E-state index contributed by atoms with van der Waals surface area (Å²) in [5.74, 6) is 0.459. The first-order valence-electron chi connectivity index (χ1n) is 6.24. The van der Waals surface area contributed by atoms with Crippen LogP contribution >= 0.6 is 23.7 Å². The van der Waals surface area contributed by atoms with Gasteiger partial charge in [-0.3, -0.25) is 9.69 Å². The monoisotopic (exact) mass is 304 g/mol. The molecule has 1 amide bonds. The summed E-state index contributed by atoms with van der Waals surface area (Å²) in [5, 5.41) is 5.44. The van der Waals surface area contributed by atoms with Crippen molar-refractivity contribution in [3.8, 4) is 0 Å². The molecule has 1 aromatic heterocycles. The summed E-state index contributed by atoms with van der Waals surface area (Å²) < 4.78 is 0. The van der Waals surface area contributed by atoms with Gasteiger partial charge in [0.2, 0.25) is 5.91 Å². The van der Waals surface area contributed by atoms with Crippen molar-refractivity contribution < 1.29 is 4.79 Å². The summed E-state index contributed by atoms with van der Waals surface area (Å²) in [6.07, 6.45) is 0.963. The van der Waals surface area contributed by atoms with Crippen molar-refractivity contribution >= 4 is 34.8 Å². The van der Waals surface area contributed by atoms with E-state index in [4.69, 9.17) is 5.73 Å². The van der Waals surface area contributed by atoms with Crippen molar-refractivity contribution in [1.29, 1.82) is 0 Å². The van der Waals surface area contributed by atoms with Crippen molar-refractivity contribution in [3.05, 3.63) is 11.1 Å². The number of nitrogens with one attached hydrogen (secondary N) is 1. The second-order valence-electron chi connectivity index (χ2n) is 5.01. The second-order valence-corrected chi connectivity index (χ2v) is 5.87. The molecule has 2 rings (SSSR count). The molecule has 0 bridgehead atoms. The predicted octanol–water partition coefficient (Wildman–Crippen LogP) is 1.48. The number of carbonyl (C=O) groups is 1. The summed E-state index contributed by atoms with van der Waals surface area (Å²) in [7, 11) is 0. The molecule has 0 spiro atoms. The van der Waals surface area contributed by atoms with E-state index in [0.29, 0.717) is 17.6 Å². The van der Waals surface area contributed by atoms with Gasteiger partial charge in [-0.1, -0.05) is 6.92 Å². The van der Waals surface area contributed by atoms with Gasteiger partial charge in [0.25, 0.3) is 0 Å². The fraction of sp³-hybridized carbons (Fsp3) is 0.667. The van der Waals surface area contributed by atoms with Crippen LogP contribution in [0, 0.1) is 12.8 Å². The lowest BCUT2D eigenvalue weighted by atomic mass is 9.95. The van der Waals surface area contributed by atoms with Crippen LogP contribution in [0.3, 0.4) is 0 Å². The summed E-state index contributed by atoms with van der Waals surface area (Å²) in [6.45, 7) is 6.27. The standard InChI is InChI=1S/C12H20N4OS.ClH/c1-8-5-16(4-3-10(8)13)6-11(17)15-12-14-9(2)7-18-12;/h7-8,10H,3-6,13H2,1-2H3,(H,14,15,17);1H. The van der Waals surface area contributed by atoms with E-state index in [9.17, 15) is 4.79 Å². The minimum Gasteiger partial charge on any atom is -0.327 e. The molecule has 0 saturated carbocycles. The maximum absolute atomic E-state index is 11.9. The number of aromatic nitrogens is 1. The van der Waals surface area contributed by atoms with Crippen LogP contribution in [0.2, 0.25) is 0 Å². The van der Waals surface area contributed by atoms with E-state index < -0.39 is 0 Å². The number of amides is 1. The number of nitrogens with zero attached hydrogens (tertiary/aromatic N) is 2. The Labute approximate surface area is 124 Å². The van der Waals surface area contributed by atoms with Gasteiger partial charge in [-0.2, -0.15) is 0 Å². The molecule has 19 heavy (non-hydrogen) atoms. The highest BCUT2D eigenvalue weighted by molar-refractivity contribution is 7.13. The number of aryl methyl sites for hydroxylation is 1. The molecular formula is C12H21ClN4OS. The van der Waals surface area contributed by atoms with Crippen LogP contribution in [0.15, 0.2) is 5.38 Å². The highest BCUT2D eigenvalue weighted by atomic mass is 35.5. The zero-order valence-corrected chi connectivity index (χ0v) is 12.9. The largest absolute Gasteiger partial charge is 0.327 e. The maximum Gasteiger partial charge on any atom is 0.240 e. The molecule has 5 nitrogen and oxygen atoms in total. The van der Waals surface area contributed by atoms with Crippen LogP contribution in [0.4, 0.5) is 5.13 Å². The quantitative estimate of drug-likeness (QED) is 0.887. The molecular weight excluding hydrogens is 284 g/mol. The molecule has 0 radical (unpaired) electrons. The highest BCUT2D eigenvalue weighted by Crippen LogP contribution is 2.16. The van der Waals surface area contributed by atoms with Crippen LogP contribution in [0.1, 0.15) is 19.0 Å². The molecule has 2 unspecified atom stereocenters. The van der Waals surface area contributed by atoms with Gasteiger partial charge >= 0.3 is 0 Å². The van der Waals surface area contributed by atoms with Gasteiger partial charge in [-0.15, -0.1) is 23.7 Å². The van der Waals surface area contributed by atoms with Crippen LogP contribution in [-0.4, -0.2) is 41.5 Å². The molecule has 2 atom stereocenters. The molecule has 7 heteroatoms. The van der Waals surface area contributed by atoms with Gasteiger partial charge < -0.3 is 11.1 Å². The smallest absolute Gasteiger partial charge is 0.240 e. The molecule has 108 valence electrons. The molecule has 0 aromatic carbocycles. The van der Waals surface area contributed by atoms with Gasteiger partial charge in [0.05, 0.1) is 12.2 Å². The van der Waals surface area contributed by atoms with E-state index in [1.54, 1.807) is 0 Å². The number of thiazole rings is 1. The van der Waals surface area contributed by atoms with Gasteiger partial charge in [-0.25, -0.2) is 4.98 Å². The molecule has 1 aromatic rings. The summed E-state index contributed by atoms with van der Waals surface area (Å²) in [4.78, 5) is 18.2. The summed E-state index contributed by atoms with van der Waals surface area (Å²) >= 11 is 1.46. The third-order valence-electron chi connectivity index (χ3n) is 3.29. The number of anilines is 1. The Bertz CT molecular complexity index is 426. The summed E-state index contributed by atoms with van der Waals surface area (Å²) in [5.41, 5.74) is 6.90. The predicted molar refractivity (Wildman–Crippen MR) is 80.9 cm³/mol. The molecule has 0 aliphatic carbocycles. The number of likely N-dealkylation sites (tertiary alicyclic amines) is 1. The van der Waals surface area contributed by atoms with E-state index in [1.165, 1.54) is 11.3 Å². The van der Waals surface area contributed by atoms with Crippen molar-refractivity contribution in [1.82, 2.24) is 9.88 Å². The number of hydrogen-bond donors (Lipinski definition) is 2. The lowest BCUT2D eigenvalue weighted by molar-refractivity contribution is -0.117. The van der Waals surface area contributed by atoms with E-state index >= 15 is 0 Å². The Balaban J connectivity index is 0.00000180. The first kappa shape index (κ1) is 16.4. The molecule has 1 aliphatic rings. The Hall–Kier alpha value is -0.690. The number of halogens is 1. The number of piperidine rings is 1. The minimum absolute atomic E-state index is 0. The van der Waals surface area contributed by atoms with Gasteiger partial charge in [0.15, 0.2) is 5.13 Å². The topological polar surface area (TPSA) is 71.2 Å². The maximum atomic E-state index is 11.9. The molecule has 3 N–H and O–H groups in total. The van der Waals surface area contributed by atoms with Crippen molar-refractivity contribution in [2.45, 2.75) is 26.3 Å². The van der Waals surface area contributed by atoms with Gasteiger partial charge in [0, 0.05) is 24.5 Å². The Morgan fingerprint density at radius 2 is 2.42 bits per heavy atom. The number of hydrogen-bond acceptors (Lipinski definition) is 5. The Morgan fingerprint density at radius 3 is 3.00 bits per heavy atom. The van der Waals surface area contributed by atoms with E-state index in [-0.39, 0.29) is 24.4 Å². The number of carbonyl (C=O) groups excluding carboxylic acids is 1. The summed E-state index contributed by atoms with van der Waals surface area (Å²) in [6, 6.07) is 0.269.